The second-order valence-corrected chi connectivity index (χ2v) is 5.82. The molecule has 0 saturated carbocycles. The second kappa shape index (κ2) is 5.32. The Bertz CT molecular complexity index is 317. The van der Waals surface area contributed by atoms with Crippen molar-refractivity contribution < 1.29 is 4.74 Å². The van der Waals surface area contributed by atoms with Gasteiger partial charge in [0.05, 0.1) is 11.8 Å². The van der Waals surface area contributed by atoms with E-state index < -0.39 is 0 Å². The van der Waals surface area contributed by atoms with Gasteiger partial charge in [-0.15, -0.1) is 11.8 Å². The van der Waals surface area contributed by atoms with Crippen LogP contribution in [0.5, 0.6) is 0 Å². The molecule has 1 aliphatic rings. The maximum Gasteiger partial charge on any atom is 0.0666 e. The molecule has 1 aromatic rings. The highest BCUT2D eigenvalue weighted by Gasteiger charge is 2.24. The van der Waals surface area contributed by atoms with E-state index in [4.69, 9.17) is 4.74 Å². The number of ether oxygens (including phenoxy) is 1. The van der Waals surface area contributed by atoms with Gasteiger partial charge in [0.1, 0.15) is 0 Å². The van der Waals surface area contributed by atoms with Gasteiger partial charge in [0.2, 0.25) is 0 Å². The summed E-state index contributed by atoms with van der Waals surface area (Å²) in [4.78, 5) is 4.36. The van der Waals surface area contributed by atoms with Crippen molar-refractivity contribution >= 4 is 27.7 Å². The molecule has 0 radical (unpaired) electrons. The van der Waals surface area contributed by atoms with Crippen molar-refractivity contribution in [1.82, 2.24) is 4.98 Å². The van der Waals surface area contributed by atoms with E-state index in [0.717, 1.165) is 22.5 Å². The Balaban J connectivity index is 1.85. The average Bonchev–Trinajstić information content (AvgIpc) is 2.63. The van der Waals surface area contributed by atoms with Gasteiger partial charge in [-0.3, -0.25) is 4.98 Å². The monoisotopic (exact) mass is 287 g/mol. The van der Waals surface area contributed by atoms with Crippen LogP contribution in [0.2, 0.25) is 0 Å². The Hall–Kier alpha value is -0.0600. The van der Waals surface area contributed by atoms with Crippen LogP contribution >= 0.6 is 27.7 Å². The molecule has 1 fully saturated rings. The van der Waals surface area contributed by atoms with Gasteiger partial charge >= 0.3 is 0 Å². The molecule has 2 heterocycles. The maximum atomic E-state index is 5.52. The van der Waals surface area contributed by atoms with Gasteiger partial charge in [0.15, 0.2) is 0 Å². The number of pyridine rings is 1. The molecule has 1 saturated heterocycles. The van der Waals surface area contributed by atoms with E-state index in [1.54, 1.807) is 0 Å². The first-order chi connectivity index (χ1) is 7.25. The summed E-state index contributed by atoms with van der Waals surface area (Å²) in [6.45, 7) is 3.06. The summed E-state index contributed by atoms with van der Waals surface area (Å²) in [6.07, 6.45) is 3.41. The summed E-state index contributed by atoms with van der Waals surface area (Å²) in [5.74, 6) is 0.978. The van der Waals surface area contributed by atoms with E-state index in [9.17, 15) is 0 Å². The zero-order valence-electron chi connectivity index (χ0n) is 8.65. The minimum absolute atomic E-state index is 0.394. The van der Waals surface area contributed by atoms with Gasteiger partial charge in [-0.25, -0.2) is 0 Å². The largest absolute Gasteiger partial charge is 0.377 e. The third-order valence-corrected chi connectivity index (χ3v) is 4.52. The van der Waals surface area contributed by atoms with Crippen LogP contribution < -0.4 is 0 Å². The second-order valence-electron chi connectivity index (χ2n) is 3.68. The molecule has 2 rings (SSSR count). The highest BCUT2D eigenvalue weighted by molar-refractivity contribution is 9.10. The molecule has 2 atom stereocenters. The van der Waals surface area contributed by atoms with E-state index in [-0.39, 0.29) is 0 Å². The van der Waals surface area contributed by atoms with Crippen molar-refractivity contribution in [2.45, 2.75) is 30.5 Å². The van der Waals surface area contributed by atoms with Crippen molar-refractivity contribution in [3.8, 4) is 0 Å². The minimum atomic E-state index is 0.394. The third kappa shape index (κ3) is 3.20. The van der Waals surface area contributed by atoms with Crippen LogP contribution in [0.4, 0.5) is 0 Å². The normalized spacial score (nSPS) is 25.7. The molecule has 0 spiro atoms. The summed E-state index contributed by atoms with van der Waals surface area (Å²) in [7, 11) is 0. The van der Waals surface area contributed by atoms with Crippen LogP contribution in [0.25, 0.3) is 0 Å². The molecule has 4 heteroatoms. The number of halogens is 1. The van der Waals surface area contributed by atoms with Gasteiger partial charge in [-0.05, 0) is 41.4 Å². The molecule has 0 aromatic carbocycles. The zero-order chi connectivity index (χ0) is 10.7. The minimum Gasteiger partial charge on any atom is -0.377 e. The maximum absolute atomic E-state index is 5.52. The molecule has 15 heavy (non-hydrogen) atoms. The van der Waals surface area contributed by atoms with E-state index in [1.165, 1.54) is 6.42 Å². The Morgan fingerprint density at radius 3 is 3.07 bits per heavy atom. The highest BCUT2D eigenvalue weighted by atomic mass is 79.9. The van der Waals surface area contributed by atoms with Crippen molar-refractivity contribution in [3.05, 3.63) is 28.5 Å². The SMILES string of the molecule is CC1OCCC1SCc1ccc(Br)cn1. The Morgan fingerprint density at radius 2 is 2.47 bits per heavy atom. The lowest BCUT2D eigenvalue weighted by molar-refractivity contribution is 0.127. The first-order valence-corrected chi connectivity index (χ1v) is 6.93. The lowest BCUT2D eigenvalue weighted by Crippen LogP contribution is -2.13. The Morgan fingerprint density at radius 1 is 1.60 bits per heavy atom. The van der Waals surface area contributed by atoms with E-state index in [2.05, 4.69) is 33.9 Å². The Kier molecular flexibility index (Phi) is 4.05. The first kappa shape index (κ1) is 11.4. The van der Waals surface area contributed by atoms with Gasteiger partial charge < -0.3 is 4.74 Å². The quantitative estimate of drug-likeness (QED) is 0.852. The fourth-order valence-corrected chi connectivity index (χ4v) is 3.02. The molecule has 1 aliphatic heterocycles. The smallest absolute Gasteiger partial charge is 0.0666 e. The molecule has 2 nitrogen and oxygen atoms in total. The molecule has 82 valence electrons. The summed E-state index contributed by atoms with van der Waals surface area (Å²) in [5.41, 5.74) is 1.14. The summed E-state index contributed by atoms with van der Waals surface area (Å²) >= 11 is 5.33. The van der Waals surface area contributed by atoms with E-state index in [0.29, 0.717) is 11.4 Å². The van der Waals surface area contributed by atoms with Gasteiger partial charge in [0.25, 0.3) is 0 Å². The number of nitrogens with zero attached hydrogens (tertiary/aromatic N) is 1. The fourth-order valence-electron chi connectivity index (χ4n) is 1.62. The van der Waals surface area contributed by atoms with E-state index in [1.807, 2.05) is 24.0 Å². The molecule has 0 amide bonds. The predicted octanol–water partition coefficient (Wildman–Crippen LogP) is 3.25. The predicted molar refractivity (Wildman–Crippen MR) is 67.1 cm³/mol. The van der Waals surface area contributed by atoms with Gasteiger partial charge in [-0.1, -0.05) is 0 Å². The number of rotatable bonds is 3. The third-order valence-electron chi connectivity index (χ3n) is 2.54. The molecule has 0 aliphatic carbocycles. The molecule has 0 N–H and O–H groups in total. The van der Waals surface area contributed by atoms with Crippen LogP contribution in [-0.4, -0.2) is 22.9 Å². The number of hydrogen-bond donors (Lipinski definition) is 0. The average molecular weight is 288 g/mol. The van der Waals surface area contributed by atoms with Crippen LogP contribution in [0.15, 0.2) is 22.8 Å². The number of thioether (sulfide) groups is 1. The fraction of sp³-hybridized carbons (Fsp3) is 0.545. The van der Waals surface area contributed by atoms with Crippen molar-refractivity contribution in [1.29, 1.82) is 0 Å². The summed E-state index contributed by atoms with van der Waals surface area (Å²) in [5, 5.41) is 0.635. The molecule has 1 aromatic heterocycles. The van der Waals surface area contributed by atoms with Crippen LogP contribution in [0.1, 0.15) is 19.0 Å². The topological polar surface area (TPSA) is 22.1 Å². The van der Waals surface area contributed by atoms with Crippen molar-refractivity contribution in [3.63, 3.8) is 0 Å². The van der Waals surface area contributed by atoms with Crippen LogP contribution in [-0.2, 0) is 10.5 Å². The molecule has 2 unspecified atom stereocenters. The first-order valence-electron chi connectivity index (χ1n) is 5.09. The summed E-state index contributed by atoms with van der Waals surface area (Å²) < 4.78 is 6.56. The van der Waals surface area contributed by atoms with Crippen molar-refractivity contribution in [2.24, 2.45) is 0 Å². The van der Waals surface area contributed by atoms with Crippen LogP contribution in [0, 0.1) is 0 Å². The lowest BCUT2D eigenvalue weighted by atomic mass is 10.3. The van der Waals surface area contributed by atoms with Gasteiger partial charge in [0, 0.05) is 28.3 Å². The van der Waals surface area contributed by atoms with Crippen LogP contribution in [0.3, 0.4) is 0 Å². The van der Waals surface area contributed by atoms with Crippen molar-refractivity contribution in [2.75, 3.05) is 6.61 Å². The van der Waals surface area contributed by atoms with E-state index >= 15 is 0 Å². The lowest BCUT2D eigenvalue weighted by Gasteiger charge is -2.12. The highest BCUT2D eigenvalue weighted by Crippen LogP contribution is 2.28. The Labute approximate surface area is 103 Å². The molecule has 0 bridgehead atoms. The number of aromatic nitrogens is 1. The summed E-state index contributed by atoms with van der Waals surface area (Å²) in [6, 6.07) is 4.11. The number of hydrogen-bond acceptors (Lipinski definition) is 3. The van der Waals surface area contributed by atoms with Gasteiger partial charge in [-0.2, -0.15) is 0 Å². The zero-order valence-corrected chi connectivity index (χ0v) is 11.1. The molecular weight excluding hydrogens is 274 g/mol. The standard InChI is InChI=1S/C11H14BrNOS/c1-8-11(4-5-14-8)15-7-10-3-2-9(12)6-13-10/h2-3,6,8,11H,4-5,7H2,1H3. The molecular formula is C11H14BrNOS.